The summed E-state index contributed by atoms with van der Waals surface area (Å²) in [5.74, 6) is -0.598. The Hall–Kier alpha value is -1.32. The fourth-order valence-electron chi connectivity index (χ4n) is 1.71. The van der Waals surface area contributed by atoms with E-state index >= 15 is 0 Å². The Labute approximate surface area is 127 Å². The lowest BCUT2D eigenvalue weighted by Gasteiger charge is -2.22. The molecule has 0 aliphatic rings. The molecule has 126 valence electrons. The average molecular weight is 341 g/mol. The van der Waals surface area contributed by atoms with Crippen LogP contribution in [0.4, 0.5) is 13.2 Å². The minimum atomic E-state index is -4.84. The molecule has 2 atom stereocenters. The monoisotopic (exact) mass is 341 g/mol. The van der Waals surface area contributed by atoms with Crippen molar-refractivity contribution in [1.29, 1.82) is 0 Å². The summed E-state index contributed by atoms with van der Waals surface area (Å²) in [5.41, 5.74) is 0. The third-order valence-corrected chi connectivity index (χ3v) is 4.71. The number of hydrogen-bond donors (Lipinski definition) is 2. The van der Waals surface area contributed by atoms with Gasteiger partial charge in [0.1, 0.15) is 5.75 Å². The molecule has 0 amide bonds. The first-order valence-corrected chi connectivity index (χ1v) is 8.06. The van der Waals surface area contributed by atoms with E-state index in [9.17, 15) is 26.7 Å². The lowest BCUT2D eigenvalue weighted by Crippen LogP contribution is -2.41. The molecule has 0 radical (unpaired) electrons. The number of nitrogens with one attached hydrogen (secondary N) is 1. The Balaban J connectivity index is 2.89. The summed E-state index contributed by atoms with van der Waals surface area (Å²) in [6.07, 6.45) is -4.18. The van der Waals surface area contributed by atoms with Gasteiger partial charge in [-0.2, -0.15) is 0 Å². The van der Waals surface area contributed by atoms with Gasteiger partial charge in [0, 0.05) is 6.04 Å². The molecule has 0 bridgehead atoms. The highest BCUT2D eigenvalue weighted by Gasteiger charge is 2.31. The molecule has 1 aromatic rings. The average Bonchev–Trinajstić information content (AvgIpc) is 2.42. The van der Waals surface area contributed by atoms with Crippen molar-refractivity contribution in [3.63, 3.8) is 0 Å². The van der Waals surface area contributed by atoms with Crippen LogP contribution in [0.15, 0.2) is 29.2 Å². The summed E-state index contributed by atoms with van der Waals surface area (Å²) in [7, 11) is -3.93. The number of aliphatic hydroxyl groups is 1. The van der Waals surface area contributed by atoms with Crippen molar-refractivity contribution in [2.24, 2.45) is 5.92 Å². The lowest BCUT2D eigenvalue weighted by atomic mass is 10.0. The number of alkyl halides is 3. The Morgan fingerprint density at radius 3 is 2.23 bits per heavy atom. The molecule has 2 N–H and O–H groups in total. The Kier molecular flexibility index (Phi) is 6.21. The highest BCUT2D eigenvalue weighted by atomic mass is 32.2. The molecule has 22 heavy (non-hydrogen) atoms. The third-order valence-electron chi connectivity index (χ3n) is 3.20. The van der Waals surface area contributed by atoms with Gasteiger partial charge >= 0.3 is 6.36 Å². The molecule has 0 fully saturated rings. The summed E-state index contributed by atoms with van der Waals surface area (Å²) in [5, 5.41) is 9.24. The maximum absolute atomic E-state index is 12.1. The molecule has 1 aromatic carbocycles. The summed E-state index contributed by atoms with van der Waals surface area (Å²) in [6.45, 7) is 3.26. The molecule has 0 aliphatic heterocycles. The van der Waals surface area contributed by atoms with Crippen LogP contribution in [0.25, 0.3) is 0 Å². The standard InChI is InChI=1S/C13H18F3NO4S/c1-3-9(2)12(8-18)17-22(19,20)11-6-4-10(5-7-11)21-13(14,15)16/h4-7,9,12,17-18H,3,8H2,1-2H3/t9-,12+/m0/s1. The number of hydrogen-bond acceptors (Lipinski definition) is 4. The molecule has 9 heteroatoms. The number of sulfonamides is 1. The van der Waals surface area contributed by atoms with Crippen molar-refractivity contribution < 1.29 is 31.4 Å². The van der Waals surface area contributed by atoms with Gasteiger partial charge in [-0.25, -0.2) is 13.1 Å². The van der Waals surface area contributed by atoms with Crippen LogP contribution in [0.2, 0.25) is 0 Å². The second-order valence-corrected chi connectivity index (χ2v) is 6.53. The molecule has 0 aliphatic carbocycles. The molecule has 0 saturated heterocycles. The first-order chi connectivity index (χ1) is 10.1. The smallest absolute Gasteiger partial charge is 0.406 e. The Morgan fingerprint density at radius 1 is 1.27 bits per heavy atom. The maximum Gasteiger partial charge on any atom is 0.573 e. The molecule has 0 spiro atoms. The van der Waals surface area contributed by atoms with Gasteiger partial charge in [-0.3, -0.25) is 0 Å². The maximum atomic E-state index is 12.1. The van der Waals surface area contributed by atoms with E-state index < -0.39 is 28.2 Å². The van der Waals surface area contributed by atoms with E-state index in [1.54, 1.807) is 6.92 Å². The van der Waals surface area contributed by atoms with Crippen LogP contribution >= 0.6 is 0 Å². The molecule has 0 unspecified atom stereocenters. The summed E-state index contributed by atoms with van der Waals surface area (Å²) in [6, 6.07) is 3.18. The summed E-state index contributed by atoms with van der Waals surface area (Å²) >= 11 is 0. The molecular weight excluding hydrogens is 323 g/mol. The molecule has 1 rings (SSSR count). The van der Waals surface area contributed by atoms with Crippen molar-refractivity contribution in [3.8, 4) is 5.75 Å². The van der Waals surface area contributed by atoms with E-state index in [1.807, 2.05) is 6.92 Å². The lowest BCUT2D eigenvalue weighted by molar-refractivity contribution is -0.274. The second kappa shape index (κ2) is 7.30. The predicted octanol–water partition coefficient (Wildman–Crippen LogP) is 2.27. The Morgan fingerprint density at radius 2 is 1.82 bits per heavy atom. The number of ether oxygens (including phenoxy) is 1. The van der Waals surface area contributed by atoms with Crippen LogP contribution in [0.5, 0.6) is 5.75 Å². The second-order valence-electron chi connectivity index (χ2n) is 4.82. The van der Waals surface area contributed by atoms with Gasteiger partial charge in [0.25, 0.3) is 0 Å². The first kappa shape index (κ1) is 18.7. The zero-order chi connectivity index (χ0) is 17.0. The zero-order valence-electron chi connectivity index (χ0n) is 12.1. The van der Waals surface area contributed by atoms with Crippen LogP contribution < -0.4 is 9.46 Å². The van der Waals surface area contributed by atoms with E-state index in [0.29, 0.717) is 6.42 Å². The van der Waals surface area contributed by atoms with Crippen molar-refractivity contribution in [2.45, 2.75) is 37.6 Å². The molecule has 0 saturated carbocycles. The van der Waals surface area contributed by atoms with Crippen LogP contribution in [-0.4, -0.2) is 32.5 Å². The van der Waals surface area contributed by atoms with Crippen LogP contribution in [0.1, 0.15) is 20.3 Å². The van der Waals surface area contributed by atoms with Gasteiger partial charge in [-0.05, 0) is 30.2 Å². The van der Waals surface area contributed by atoms with Crippen molar-refractivity contribution >= 4 is 10.0 Å². The highest BCUT2D eigenvalue weighted by Crippen LogP contribution is 2.24. The fourth-order valence-corrected chi connectivity index (χ4v) is 3.04. The van der Waals surface area contributed by atoms with Crippen LogP contribution in [0.3, 0.4) is 0 Å². The topological polar surface area (TPSA) is 75.6 Å². The first-order valence-electron chi connectivity index (χ1n) is 6.58. The van der Waals surface area contributed by atoms with Gasteiger partial charge in [0.15, 0.2) is 0 Å². The Bertz CT molecular complexity index is 572. The predicted molar refractivity (Wildman–Crippen MR) is 73.8 cm³/mol. The molecule has 0 aromatic heterocycles. The van der Waals surface area contributed by atoms with E-state index in [4.69, 9.17) is 0 Å². The third kappa shape index (κ3) is 5.47. The minimum Gasteiger partial charge on any atom is -0.406 e. The normalized spacial score (nSPS) is 15.4. The fraction of sp³-hybridized carbons (Fsp3) is 0.538. The van der Waals surface area contributed by atoms with Gasteiger partial charge in [0.05, 0.1) is 11.5 Å². The molecular formula is C13H18F3NO4S. The highest BCUT2D eigenvalue weighted by molar-refractivity contribution is 7.89. The number of halogens is 3. The zero-order valence-corrected chi connectivity index (χ0v) is 12.9. The van der Waals surface area contributed by atoms with Crippen molar-refractivity contribution in [3.05, 3.63) is 24.3 Å². The largest absolute Gasteiger partial charge is 0.573 e. The van der Waals surface area contributed by atoms with Crippen molar-refractivity contribution in [1.82, 2.24) is 4.72 Å². The van der Waals surface area contributed by atoms with Crippen LogP contribution in [0, 0.1) is 5.92 Å². The minimum absolute atomic E-state index is 0.0902. The quantitative estimate of drug-likeness (QED) is 0.798. The van der Waals surface area contributed by atoms with Crippen molar-refractivity contribution in [2.75, 3.05) is 6.61 Å². The van der Waals surface area contributed by atoms with Gasteiger partial charge < -0.3 is 9.84 Å². The van der Waals surface area contributed by atoms with Gasteiger partial charge in [0.2, 0.25) is 10.0 Å². The van der Waals surface area contributed by atoms with Gasteiger partial charge in [-0.1, -0.05) is 20.3 Å². The number of aliphatic hydroxyl groups excluding tert-OH is 1. The number of benzene rings is 1. The van der Waals surface area contributed by atoms with Gasteiger partial charge in [-0.15, -0.1) is 13.2 Å². The van der Waals surface area contributed by atoms with E-state index in [1.165, 1.54) is 0 Å². The summed E-state index contributed by atoms with van der Waals surface area (Å²) < 4.78 is 66.4. The SMILES string of the molecule is CC[C@H](C)[C@@H](CO)NS(=O)(=O)c1ccc(OC(F)(F)F)cc1. The van der Waals surface area contributed by atoms with Crippen LogP contribution in [-0.2, 0) is 10.0 Å². The van der Waals surface area contributed by atoms with E-state index in [-0.39, 0.29) is 17.4 Å². The molecule has 5 nitrogen and oxygen atoms in total. The van der Waals surface area contributed by atoms with E-state index in [2.05, 4.69) is 9.46 Å². The van der Waals surface area contributed by atoms with E-state index in [0.717, 1.165) is 24.3 Å². The molecule has 0 heterocycles. The summed E-state index contributed by atoms with van der Waals surface area (Å²) in [4.78, 5) is -0.205. The number of rotatable bonds is 7.